The number of benzene rings is 1. The van der Waals surface area contributed by atoms with Gasteiger partial charge in [0.25, 0.3) is 10.0 Å². The van der Waals surface area contributed by atoms with Crippen molar-refractivity contribution in [2.24, 2.45) is 17.6 Å². The predicted molar refractivity (Wildman–Crippen MR) is 92.6 cm³/mol. The smallest absolute Gasteiger partial charge is 0.269 e. The largest absolute Gasteiger partial charge is 0.321 e. The highest BCUT2D eigenvalue weighted by Gasteiger charge is 2.41. The molecule has 0 heterocycles. The topological polar surface area (TPSA) is 97.5 Å². The summed E-state index contributed by atoms with van der Waals surface area (Å²) in [4.78, 5) is 24.4. The van der Waals surface area contributed by atoms with E-state index in [1.54, 1.807) is 33.8 Å². The van der Waals surface area contributed by atoms with Crippen LogP contribution in [0.25, 0.3) is 0 Å². The first-order valence-electron chi connectivity index (χ1n) is 8.09. The molecular weight excluding hydrogens is 347 g/mol. The number of sulfonamides is 1. The van der Waals surface area contributed by atoms with E-state index in [0.717, 1.165) is 0 Å². The lowest BCUT2D eigenvalue weighted by molar-refractivity contribution is -0.142. The van der Waals surface area contributed by atoms with Crippen molar-refractivity contribution in [1.82, 2.24) is 4.53 Å². The van der Waals surface area contributed by atoms with Crippen LogP contribution in [-0.4, -0.2) is 36.6 Å². The molecule has 0 aliphatic carbocycles. The van der Waals surface area contributed by atoms with Crippen LogP contribution in [-0.2, 0) is 19.6 Å². The highest BCUT2D eigenvalue weighted by atomic mass is 32.2. The lowest BCUT2D eigenvalue weighted by Crippen LogP contribution is -2.49. The van der Waals surface area contributed by atoms with Gasteiger partial charge in [-0.05, 0) is 34.9 Å². The second-order valence-corrected chi connectivity index (χ2v) is 8.47. The maximum atomic E-state index is 14.8. The minimum absolute atomic E-state index is 0.127. The molecule has 2 atom stereocenters. The van der Waals surface area contributed by atoms with Crippen molar-refractivity contribution in [3.05, 3.63) is 30.3 Å². The molecule has 6 nitrogen and oxygen atoms in total. The van der Waals surface area contributed by atoms with Gasteiger partial charge in [-0.25, -0.2) is 8.42 Å². The van der Waals surface area contributed by atoms with E-state index >= 15 is 0 Å². The fourth-order valence-corrected chi connectivity index (χ4v) is 3.44. The minimum Gasteiger partial charge on any atom is -0.321 e. The lowest BCUT2D eigenvalue weighted by Gasteiger charge is -2.24. The Kier molecular flexibility index (Phi) is 7.40. The molecule has 0 fully saturated rings. The molecule has 8 heteroatoms. The van der Waals surface area contributed by atoms with Gasteiger partial charge in [0.2, 0.25) is 11.6 Å². The Labute approximate surface area is 148 Å². The van der Waals surface area contributed by atoms with Crippen LogP contribution in [0.4, 0.5) is 4.48 Å². The van der Waals surface area contributed by atoms with Gasteiger partial charge in [0.05, 0.1) is 10.9 Å². The molecule has 0 aliphatic rings. The molecule has 0 saturated carbocycles. The fourth-order valence-electron chi connectivity index (χ4n) is 2.22. The molecule has 1 rings (SSSR count). The first-order chi connectivity index (χ1) is 11.5. The Morgan fingerprint density at radius 1 is 1.08 bits per heavy atom. The third kappa shape index (κ3) is 5.17. The van der Waals surface area contributed by atoms with Crippen LogP contribution in [0.2, 0.25) is 0 Å². The number of nitrogens with zero attached hydrogens (tertiary/aromatic N) is 1. The zero-order valence-electron chi connectivity index (χ0n) is 14.8. The van der Waals surface area contributed by atoms with Crippen LogP contribution in [0.1, 0.15) is 34.1 Å². The van der Waals surface area contributed by atoms with E-state index in [1.165, 1.54) is 24.3 Å². The van der Waals surface area contributed by atoms with Crippen molar-refractivity contribution in [2.75, 3.05) is 0 Å². The van der Waals surface area contributed by atoms with E-state index in [4.69, 9.17) is 5.73 Å². The molecule has 0 saturated heterocycles. The van der Waals surface area contributed by atoms with Gasteiger partial charge in [-0.15, -0.1) is 4.48 Å². The van der Waals surface area contributed by atoms with Crippen molar-refractivity contribution in [1.29, 1.82) is 0 Å². The second-order valence-electron chi connectivity index (χ2n) is 6.70. The van der Waals surface area contributed by atoms with E-state index in [1.807, 2.05) is 0 Å². The molecule has 1 aromatic carbocycles. The average molecular weight is 372 g/mol. The number of rotatable bonds is 9. The first kappa shape index (κ1) is 21.4. The molecule has 1 aromatic rings. The molecular formula is C17H25FN2O4S. The normalized spacial score (nSPS) is 14.8. The van der Waals surface area contributed by atoms with Gasteiger partial charge in [-0.1, -0.05) is 45.9 Å². The van der Waals surface area contributed by atoms with Gasteiger partial charge in [0.15, 0.2) is 0 Å². The summed E-state index contributed by atoms with van der Waals surface area (Å²) in [7, 11) is -4.56. The summed E-state index contributed by atoms with van der Waals surface area (Å²) in [6.45, 7) is 6.72. The summed E-state index contributed by atoms with van der Waals surface area (Å²) in [6.07, 6.45) is -0.127. The highest BCUT2D eigenvalue weighted by molar-refractivity contribution is 7.89. The maximum Gasteiger partial charge on any atom is 0.269 e. The Morgan fingerprint density at radius 3 is 2.04 bits per heavy atom. The average Bonchev–Trinajstić information content (AvgIpc) is 2.57. The zero-order chi connectivity index (χ0) is 19.4. The van der Waals surface area contributed by atoms with E-state index in [9.17, 15) is 22.5 Å². The molecule has 0 amide bonds. The van der Waals surface area contributed by atoms with E-state index in [2.05, 4.69) is 0 Å². The molecule has 0 radical (unpaired) electrons. The van der Waals surface area contributed by atoms with E-state index < -0.39 is 38.2 Å². The second kappa shape index (κ2) is 8.64. The summed E-state index contributed by atoms with van der Waals surface area (Å²) < 4.78 is 39.2. The van der Waals surface area contributed by atoms with Gasteiger partial charge in [-0.2, -0.15) is 0 Å². The van der Waals surface area contributed by atoms with Crippen molar-refractivity contribution in [3.63, 3.8) is 0 Å². The zero-order valence-corrected chi connectivity index (χ0v) is 15.7. The summed E-state index contributed by atoms with van der Waals surface area (Å²) in [5.74, 6) is -2.63. The first-order valence-corrected chi connectivity index (χ1v) is 9.53. The Hall–Kier alpha value is -1.64. The number of hydrogen-bond donors (Lipinski definition) is 1. The molecule has 0 bridgehead atoms. The van der Waals surface area contributed by atoms with Crippen molar-refractivity contribution < 1.29 is 22.5 Å². The number of carbonyl (C=O) groups is 2. The Balaban J connectivity index is 3.22. The molecule has 0 aromatic heterocycles. The highest BCUT2D eigenvalue weighted by Crippen LogP contribution is 2.23. The predicted octanol–water partition coefficient (Wildman–Crippen LogP) is 2.10. The van der Waals surface area contributed by atoms with Crippen molar-refractivity contribution >= 4 is 21.6 Å². The summed E-state index contributed by atoms with van der Waals surface area (Å²) in [6, 6.07) is 4.09. The fraction of sp³-hybridized carbons (Fsp3) is 0.529. The third-order valence-electron chi connectivity index (χ3n) is 3.78. The summed E-state index contributed by atoms with van der Waals surface area (Å²) in [5, 5.41) is 0. The van der Waals surface area contributed by atoms with E-state index in [-0.39, 0.29) is 23.2 Å². The molecule has 2 N–H and O–H groups in total. The molecule has 25 heavy (non-hydrogen) atoms. The number of ketones is 2. The van der Waals surface area contributed by atoms with Gasteiger partial charge in [-0.3, -0.25) is 9.59 Å². The Bertz CT molecular complexity index is 705. The van der Waals surface area contributed by atoms with Gasteiger partial charge < -0.3 is 5.73 Å². The minimum atomic E-state index is -4.56. The van der Waals surface area contributed by atoms with Gasteiger partial charge >= 0.3 is 0 Å². The number of Topliss-reactive ketones (excluding diaryl/α,β-unsaturated/α-hetero) is 2. The number of nitrogens with two attached hydrogens (primary N) is 1. The monoisotopic (exact) mass is 372 g/mol. The number of hydrogen-bond acceptors (Lipinski definition) is 5. The van der Waals surface area contributed by atoms with Crippen molar-refractivity contribution in [3.8, 4) is 0 Å². The lowest BCUT2D eigenvalue weighted by atomic mass is 9.92. The molecule has 0 aliphatic heterocycles. The molecule has 0 spiro atoms. The SMILES string of the molecule is CC(C)C[C@H](C(=O)C(=O)[C@@H](N)C(C)C)N(F)S(=O)(=O)c1ccccc1. The maximum absolute atomic E-state index is 14.8. The van der Waals surface area contributed by atoms with Crippen LogP contribution in [0.3, 0.4) is 0 Å². The van der Waals surface area contributed by atoms with Crippen LogP contribution in [0.5, 0.6) is 0 Å². The molecule has 140 valence electrons. The van der Waals surface area contributed by atoms with Gasteiger partial charge in [0, 0.05) is 0 Å². The quantitative estimate of drug-likeness (QED) is 0.529. The van der Waals surface area contributed by atoms with Gasteiger partial charge in [0.1, 0.15) is 6.04 Å². The summed E-state index contributed by atoms with van der Waals surface area (Å²) in [5.41, 5.74) is 5.69. The van der Waals surface area contributed by atoms with Crippen LogP contribution < -0.4 is 5.73 Å². The summed E-state index contributed by atoms with van der Waals surface area (Å²) >= 11 is 0. The molecule has 0 unspecified atom stereocenters. The van der Waals surface area contributed by atoms with Crippen molar-refractivity contribution in [2.45, 2.75) is 51.1 Å². The van der Waals surface area contributed by atoms with E-state index in [0.29, 0.717) is 0 Å². The third-order valence-corrected chi connectivity index (χ3v) is 5.36. The Morgan fingerprint density at radius 2 is 1.60 bits per heavy atom. The van der Waals surface area contributed by atoms with Crippen LogP contribution in [0.15, 0.2) is 35.2 Å². The number of carbonyl (C=O) groups excluding carboxylic acids is 2. The van der Waals surface area contributed by atoms with Crippen LogP contribution >= 0.6 is 0 Å². The standard InChI is InChI=1S/C17H25FN2O4S/c1-11(2)10-14(16(21)17(22)15(19)12(3)4)20(18)25(23,24)13-8-6-5-7-9-13/h5-9,11-12,14-15H,10,19H2,1-4H3/t14-,15+/m1/s1. The van der Waals surface area contributed by atoms with Crippen LogP contribution in [0, 0.1) is 11.8 Å². The number of halogens is 1.